The number of fused-ring (bicyclic) bond motifs is 1. The first-order chi connectivity index (χ1) is 12.2. The van der Waals surface area contributed by atoms with Crippen LogP contribution in [0.4, 0.5) is 5.69 Å². The summed E-state index contributed by atoms with van der Waals surface area (Å²) >= 11 is 0. The van der Waals surface area contributed by atoms with E-state index in [-0.39, 0.29) is 11.9 Å². The lowest BCUT2D eigenvalue weighted by molar-refractivity contribution is -0.121. The van der Waals surface area contributed by atoms with Gasteiger partial charge in [0.1, 0.15) is 11.8 Å². The fourth-order valence-electron chi connectivity index (χ4n) is 3.30. The summed E-state index contributed by atoms with van der Waals surface area (Å²) in [4.78, 5) is 12.6. The first-order valence-electron chi connectivity index (χ1n) is 9.04. The van der Waals surface area contributed by atoms with Crippen molar-refractivity contribution in [3.8, 4) is 5.75 Å². The molecule has 2 N–H and O–H groups in total. The van der Waals surface area contributed by atoms with Gasteiger partial charge in [-0.15, -0.1) is 0 Å². The molecule has 0 bridgehead atoms. The van der Waals surface area contributed by atoms with Crippen LogP contribution in [0.2, 0.25) is 0 Å². The molecule has 1 aliphatic carbocycles. The molecule has 1 aliphatic heterocycles. The Kier molecular flexibility index (Phi) is 4.35. The number of amides is 1. The molecular weight excluding hydrogens is 312 g/mol. The van der Waals surface area contributed by atoms with Gasteiger partial charge in [-0.05, 0) is 42.9 Å². The van der Waals surface area contributed by atoms with Crippen LogP contribution in [0.3, 0.4) is 0 Å². The number of ether oxygens (including phenoxy) is 1. The monoisotopic (exact) mass is 336 g/mol. The minimum atomic E-state index is -0.198. The molecule has 2 aromatic carbocycles. The van der Waals surface area contributed by atoms with Gasteiger partial charge < -0.3 is 15.4 Å². The summed E-state index contributed by atoms with van der Waals surface area (Å²) in [6.45, 7) is 3.34. The van der Waals surface area contributed by atoms with Crippen molar-refractivity contribution in [2.45, 2.75) is 38.8 Å². The number of benzene rings is 2. The first-order valence-corrected chi connectivity index (χ1v) is 9.04. The van der Waals surface area contributed by atoms with E-state index < -0.39 is 0 Å². The van der Waals surface area contributed by atoms with Crippen LogP contribution < -0.4 is 15.4 Å². The predicted molar refractivity (Wildman–Crippen MR) is 98.8 cm³/mol. The highest BCUT2D eigenvalue weighted by Crippen LogP contribution is 2.31. The summed E-state index contributed by atoms with van der Waals surface area (Å²) < 4.78 is 5.92. The van der Waals surface area contributed by atoms with Crippen molar-refractivity contribution in [3.63, 3.8) is 0 Å². The number of carbonyl (C=O) groups is 1. The van der Waals surface area contributed by atoms with Crippen LogP contribution in [-0.2, 0) is 17.8 Å². The smallest absolute Gasteiger partial charge is 0.243 e. The molecule has 1 heterocycles. The molecule has 1 fully saturated rings. The van der Waals surface area contributed by atoms with Gasteiger partial charge in [0, 0.05) is 24.2 Å². The molecule has 1 atom stereocenters. The third-order valence-electron chi connectivity index (χ3n) is 5.02. The predicted octanol–water partition coefficient (Wildman–Crippen LogP) is 3.44. The number of carbonyl (C=O) groups excluding carboxylic acids is 1. The highest BCUT2D eigenvalue weighted by Gasteiger charge is 2.27. The Bertz CT molecular complexity index is 783. The normalized spacial score (nSPS) is 18.4. The van der Waals surface area contributed by atoms with E-state index >= 15 is 0 Å². The molecule has 1 amide bonds. The Morgan fingerprint density at radius 1 is 1.20 bits per heavy atom. The van der Waals surface area contributed by atoms with Crippen LogP contribution in [0.1, 0.15) is 29.5 Å². The van der Waals surface area contributed by atoms with Gasteiger partial charge in [0.2, 0.25) is 5.91 Å². The van der Waals surface area contributed by atoms with Gasteiger partial charge in [-0.2, -0.15) is 0 Å². The van der Waals surface area contributed by atoms with E-state index in [9.17, 15) is 4.79 Å². The molecule has 130 valence electrons. The van der Waals surface area contributed by atoms with E-state index in [4.69, 9.17) is 4.74 Å². The summed E-state index contributed by atoms with van der Waals surface area (Å²) in [7, 11) is 0. The molecule has 4 nitrogen and oxygen atoms in total. The maximum Gasteiger partial charge on any atom is 0.243 e. The maximum absolute atomic E-state index is 12.6. The van der Waals surface area contributed by atoms with Crippen molar-refractivity contribution in [2.75, 3.05) is 11.9 Å². The summed E-state index contributed by atoms with van der Waals surface area (Å²) in [5, 5.41) is 6.42. The lowest BCUT2D eigenvalue weighted by Crippen LogP contribution is -2.38. The number of rotatable bonds is 6. The number of anilines is 1. The SMILES string of the molecule is Cc1cccc2c1NC(C(=O)NCc1ccccc1OCC1CC1)C2. The Morgan fingerprint density at radius 2 is 2.04 bits per heavy atom. The Labute approximate surface area is 148 Å². The molecule has 0 spiro atoms. The van der Waals surface area contributed by atoms with E-state index in [2.05, 4.69) is 29.7 Å². The lowest BCUT2D eigenvalue weighted by Gasteiger charge is -2.15. The van der Waals surface area contributed by atoms with Gasteiger partial charge in [-0.25, -0.2) is 0 Å². The summed E-state index contributed by atoms with van der Waals surface area (Å²) in [5.41, 5.74) is 4.54. The van der Waals surface area contributed by atoms with Crippen LogP contribution in [0.15, 0.2) is 42.5 Å². The van der Waals surface area contributed by atoms with E-state index in [1.807, 2.05) is 30.3 Å². The molecule has 0 saturated heterocycles. The molecule has 0 aromatic heterocycles. The number of aryl methyl sites for hydroxylation is 1. The zero-order valence-electron chi connectivity index (χ0n) is 14.5. The van der Waals surface area contributed by atoms with Crippen molar-refractivity contribution in [1.82, 2.24) is 5.32 Å². The number of hydrogen-bond donors (Lipinski definition) is 2. The van der Waals surface area contributed by atoms with Crippen LogP contribution in [0.25, 0.3) is 0 Å². The van der Waals surface area contributed by atoms with Crippen LogP contribution >= 0.6 is 0 Å². The van der Waals surface area contributed by atoms with E-state index in [1.165, 1.54) is 24.0 Å². The second-order valence-electron chi connectivity index (χ2n) is 7.09. The third kappa shape index (κ3) is 3.63. The summed E-state index contributed by atoms with van der Waals surface area (Å²) in [5.74, 6) is 1.63. The standard InChI is InChI=1S/C21H24N2O2/c1-14-5-4-7-16-11-18(23-20(14)16)21(24)22-12-17-6-2-3-8-19(17)25-13-15-9-10-15/h2-8,15,18,23H,9-13H2,1H3,(H,22,24). The number of nitrogens with one attached hydrogen (secondary N) is 2. The molecule has 0 radical (unpaired) electrons. The van der Waals surface area contributed by atoms with Gasteiger partial charge in [0.25, 0.3) is 0 Å². The minimum Gasteiger partial charge on any atom is -0.493 e. The minimum absolute atomic E-state index is 0.0348. The van der Waals surface area contributed by atoms with E-state index in [1.54, 1.807) is 0 Å². The van der Waals surface area contributed by atoms with Crippen LogP contribution in [0, 0.1) is 12.8 Å². The van der Waals surface area contributed by atoms with Crippen molar-refractivity contribution in [2.24, 2.45) is 5.92 Å². The Morgan fingerprint density at radius 3 is 2.84 bits per heavy atom. The average Bonchev–Trinajstić information content (AvgIpc) is 3.35. The molecule has 25 heavy (non-hydrogen) atoms. The topological polar surface area (TPSA) is 50.4 Å². The van der Waals surface area contributed by atoms with Crippen molar-refractivity contribution in [1.29, 1.82) is 0 Å². The van der Waals surface area contributed by atoms with Gasteiger partial charge in [-0.1, -0.05) is 36.4 Å². The third-order valence-corrected chi connectivity index (χ3v) is 5.02. The van der Waals surface area contributed by atoms with Crippen LogP contribution in [0.5, 0.6) is 5.75 Å². The van der Waals surface area contributed by atoms with Crippen molar-refractivity contribution in [3.05, 3.63) is 59.2 Å². The highest BCUT2D eigenvalue weighted by atomic mass is 16.5. The Hall–Kier alpha value is -2.49. The number of para-hydroxylation sites is 2. The molecule has 4 rings (SSSR count). The van der Waals surface area contributed by atoms with E-state index in [0.717, 1.165) is 30.0 Å². The Balaban J connectivity index is 1.36. The molecule has 2 aromatic rings. The largest absolute Gasteiger partial charge is 0.493 e. The summed E-state index contributed by atoms with van der Waals surface area (Å²) in [6, 6.07) is 14.0. The average molecular weight is 336 g/mol. The van der Waals surface area contributed by atoms with Gasteiger partial charge in [0.15, 0.2) is 0 Å². The van der Waals surface area contributed by atoms with Crippen molar-refractivity contribution >= 4 is 11.6 Å². The second-order valence-corrected chi connectivity index (χ2v) is 7.09. The molecular formula is C21H24N2O2. The van der Waals surface area contributed by atoms with Crippen molar-refractivity contribution < 1.29 is 9.53 Å². The molecule has 4 heteroatoms. The maximum atomic E-state index is 12.6. The van der Waals surface area contributed by atoms with E-state index in [0.29, 0.717) is 12.5 Å². The highest BCUT2D eigenvalue weighted by molar-refractivity contribution is 5.87. The van der Waals surface area contributed by atoms with Crippen LogP contribution in [-0.4, -0.2) is 18.6 Å². The fourth-order valence-corrected chi connectivity index (χ4v) is 3.30. The zero-order valence-corrected chi connectivity index (χ0v) is 14.5. The first kappa shape index (κ1) is 16.0. The lowest BCUT2D eigenvalue weighted by atomic mass is 10.1. The van der Waals surface area contributed by atoms with Gasteiger partial charge in [-0.3, -0.25) is 4.79 Å². The summed E-state index contributed by atoms with van der Waals surface area (Å²) in [6.07, 6.45) is 3.28. The van der Waals surface area contributed by atoms with Gasteiger partial charge in [0.05, 0.1) is 6.61 Å². The molecule has 1 saturated carbocycles. The van der Waals surface area contributed by atoms with Gasteiger partial charge >= 0.3 is 0 Å². The second kappa shape index (κ2) is 6.79. The quantitative estimate of drug-likeness (QED) is 0.850. The molecule has 1 unspecified atom stereocenters. The fraction of sp³-hybridized carbons (Fsp3) is 0.381. The zero-order chi connectivity index (χ0) is 17.2. The molecule has 2 aliphatic rings. The number of hydrogen-bond acceptors (Lipinski definition) is 3.